The maximum absolute atomic E-state index is 15.2. The van der Waals surface area contributed by atoms with Gasteiger partial charge in [-0.15, -0.1) is 0 Å². The van der Waals surface area contributed by atoms with E-state index in [0.717, 1.165) is 64.2 Å². The molecule has 4 atom stereocenters. The molecule has 2 aromatic carbocycles. The van der Waals surface area contributed by atoms with Gasteiger partial charge in [-0.3, -0.25) is 24.4 Å². The molecule has 4 aliphatic rings. The Morgan fingerprint density at radius 1 is 0.794 bits per heavy atom. The third kappa shape index (κ3) is 8.47. The molecule has 360 valence electrons. The van der Waals surface area contributed by atoms with E-state index in [1.807, 2.05) is 44.9 Å². The SMILES string of the molecule is CCC(=O)OCOC(=O)N1CCc2cc(OC)c(OC)cc2[C@]12CC[C@H](C(=O)N1CCN(c3ncnc4c3cnn4Cc3ccncc3)CC1)C[C@H]2[C@@H]1c2cc(OC)c(OC)cc2CCN1CC. The lowest BCUT2D eigenvalue weighted by atomic mass is 9.58. The number of pyridine rings is 1. The first kappa shape index (κ1) is 46.4. The first-order valence-electron chi connectivity index (χ1n) is 23.6. The number of aromatic nitrogens is 5. The Morgan fingerprint density at radius 3 is 2.19 bits per heavy atom. The molecular weight excluding hydrogens is 871 g/mol. The molecule has 0 N–H and O–H groups in total. The number of hydrogen-bond donors (Lipinski definition) is 0. The van der Waals surface area contributed by atoms with Crippen molar-refractivity contribution in [3.05, 3.63) is 89.1 Å². The van der Waals surface area contributed by atoms with E-state index in [2.05, 4.69) is 43.9 Å². The number of carbonyl (C=O) groups excluding carboxylic acids is 3. The van der Waals surface area contributed by atoms with Gasteiger partial charge in [0.15, 0.2) is 28.6 Å². The molecule has 1 aliphatic carbocycles. The lowest BCUT2D eigenvalue weighted by Crippen LogP contribution is -2.63. The minimum atomic E-state index is -0.992. The maximum atomic E-state index is 15.2. The highest BCUT2D eigenvalue weighted by molar-refractivity contribution is 5.87. The Morgan fingerprint density at radius 2 is 1.49 bits per heavy atom. The summed E-state index contributed by atoms with van der Waals surface area (Å²) in [6.45, 7) is 7.91. The van der Waals surface area contributed by atoms with Crippen molar-refractivity contribution in [2.75, 3.05) is 85.9 Å². The predicted octanol–water partition coefficient (Wildman–Crippen LogP) is 5.79. The molecule has 3 aromatic heterocycles. The van der Waals surface area contributed by atoms with Crippen LogP contribution < -0.4 is 23.8 Å². The Hall–Kier alpha value is -6.69. The van der Waals surface area contributed by atoms with Crippen LogP contribution in [0.2, 0.25) is 0 Å². The number of ether oxygens (including phenoxy) is 6. The fourth-order valence-electron chi connectivity index (χ4n) is 11.3. The standard InChI is InChI=1S/C50H61N9O9/c1-7-44(60)67-31-68-49(62)58-18-13-34-25-41(64-4)43(66-6)27-38(34)50(58)14-9-35(23-39(50)45-36-26-42(65-5)40(63-3)24-33(36)12-17-55(45)8-2)48(61)57-21-19-56(20-22-57)46-37-28-54-59(47(37)53-30-52-46)29-32-10-15-51-16-11-32/h10-11,15-16,24-28,30,35,39,45H,7-9,12-14,17-23,29,31H2,1-6H3/t35-,39-,45-,50-/m0/s1. The summed E-state index contributed by atoms with van der Waals surface area (Å²) in [5, 5.41) is 5.53. The van der Waals surface area contributed by atoms with Crippen molar-refractivity contribution in [2.24, 2.45) is 11.8 Å². The van der Waals surface area contributed by atoms with Crippen molar-refractivity contribution in [1.29, 1.82) is 0 Å². The summed E-state index contributed by atoms with van der Waals surface area (Å²) in [7, 11) is 6.52. The number of piperazine rings is 1. The molecule has 1 saturated heterocycles. The minimum absolute atomic E-state index is 0.0952. The number of anilines is 1. The number of methoxy groups -OCH3 is 4. The van der Waals surface area contributed by atoms with E-state index in [4.69, 9.17) is 33.4 Å². The van der Waals surface area contributed by atoms with Gasteiger partial charge in [0.2, 0.25) is 12.7 Å². The molecule has 0 radical (unpaired) electrons. The van der Waals surface area contributed by atoms with Gasteiger partial charge in [0.25, 0.3) is 0 Å². The molecule has 18 heteroatoms. The van der Waals surface area contributed by atoms with Crippen LogP contribution in [0.25, 0.3) is 11.0 Å². The van der Waals surface area contributed by atoms with Crippen LogP contribution in [0.3, 0.4) is 0 Å². The van der Waals surface area contributed by atoms with Crippen molar-refractivity contribution >= 4 is 34.8 Å². The van der Waals surface area contributed by atoms with Crippen LogP contribution in [0.15, 0.2) is 61.3 Å². The Balaban J connectivity index is 1.07. The number of esters is 1. The van der Waals surface area contributed by atoms with Gasteiger partial charge in [0.05, 0.1) is 52.1 Å². The van der Waals surface area contributed by atoms with E-state index in [-0.39, 0.29) is 30.2 Å². The smallest absolute Gasteiger partial charge is 0.413 e. The van der Waals surface area contributed by atoms with Gasteiger partial charge in [0, 0.05) is 76.0 Å². The van der Waals surface area contributed by atoms with Crippen molar-refractivity contribution < 1.29 is 42.8 Å². The molecule has 3 aliphatic heterocycles. The molecule has 18 nitrogen and oxygen atoms in total. The molecular formula is C50H61N9O9. The number of amides is 2. The summed E-state index contributed by atoms with van der Waals surface area (Å²) < 4.78 is 36.5. The molecule has 68 heavy (non-hydrogen) atoms. The zero-order valence-corrected chi connectivity index (χ0v) is 39.8. The number of fused-ring (bicyclic) bond motifs is 4. The zero-order valence-electron chi connectivity index (χ0n) is 39.8. The second-order valence-corrected chi connectivity index (χ2v) is 17.8. The number of rotatable bonds is 13. The molecule has 5 aromatic rings. The fraction of sp³-hybridized carbons (Fsp3) is 0.500. The fourth-order valence-corrected chi connectivity index (χ4v) is 11.3. The highest BCUT2D eigenvalue weighted by atomic mass is 16.7. The van der Waals surface area contributed by atoms with Gasteiger partial charge in [-0.2, -0.15) is 5.10 Å². The van der Waals surface area contributed by atoms with E-state index in [1.165, 1.54) is 0 Å². The Labute approximate surface area is 396 Å². The second kappa shape index (κ2) is 19.9. The number of likely N-dealkylation sites (N-methyl/N-ethyl adjacent to an activating group) is 1. The minimum Gasteiger partial charge on any atom is -0.493 e. The van der Waals surface area contributed by atoms with Gasteiger partial charge in [0.1, 0.15) is 12.1 Å². The van der Waals surface area contributed by atoms with Crippen molar-refractivity contribution in [2.45, 2.75) is 70.5 Å². The quantitative estimate of drug-likeness (QED) is 0.102. The van der Waals surface area contributed by atoms with Crippen LogP contribution in [-0.2, 0) is 44.0 Å². The molecule has 1 saturated carbocycles. The molecule has 9 rings (SSSR count). The average Bonchev–Trinajstić information content (AvgIpc) is 3.80. The lowest BCUT2D eigenvalue weighted by molar-refractivity contribution is -0.153. The zero-order chi connectivity index (χ0) is 47.5. The Bertz CT molecular complexity index is 2640. The molecule has 6 heterocycles. The van der Waals surface area contributed by atoms with E-state index < -0.39 is 24.4 Å². The van der Waals surface area contributed by atoms with E-state index in [0.29, 0.717) is 87.9 Å². The summed E-state index contributed by atoms with van der Waals surface area (Å²) in [6.07, 6.45) is 9.25. The highest BCUT2D eigenvalue weighted by Gasteiger charge is 2.59. The topological polar surface area (TPSA) is 176 Å². The summed E-state index contributed by atoms with van der Waals surface area (Å²) in [5.41, 5.74) is 4.98. The van der Waals surface area contributed by atoms with Gasteiger partial charge in [-0.1, -0.05) is 13.8 Å². The van der Waals surface area contributed by atoms with E-state index >= 15 is 4.79 Å². The first-order valence-corrected chi connectivity index (χ1v) is 23.6. The maximum Gasteiger partial charge on any atom is 0.413 e. The van der Waals surface area contributed by atoms with E-state index in [1.54, 1.807) is 54.1 Å². The predicted molar refractivity (Wildman–Crippen MR) is 251 cm³/mol. The first-order chi connectivity index (χ1) is 33.1. The lowest BCUT2D eigenvalue weighted by Gasteiger charge is -2.59. The largest absolute Gasteiger partial charge is 0.493 e. The number of nitrogens with zero attached hydrogens (tertiary/aromatic N) is 9. The van der Waals surface area contributed by atoms with Crippen molar-refractivity contribution in [1.82, 2.24) is 39.4 Å². The summed E-state index contributed by atoms with van der Waals surface area (Å²) >= 11 is 0. The average molecular weight is 932 g/mol. The van der Waals surface area contributed by atoms with E-state index in [9.17, 15) is 9.59 Å². The van der Waals surface area contributed by atoms with Gasteiger partial charge >= 0.3 is 12.1 Å². The Kier molecular flexibility index (Phi) is 13.6. The van der Waals surface area contributed by atoms with Crippen LogP contribution in [0, 0.1) is 11.8 Å². The number of hydrogen-bond acceptors (Lipinski definition) is 15. The second-order valence-electron chi connectivity index (χ2n) is 17.8. The van der Waals surface area contributed by atoms with Gasteiger partial charge in [-0.25, -0.2) is 19.4 Å². The third-order valence-corrected chi connectivity index (χ3v) is 14.6. The number of carbonyl (C=O) groups is 3. The summed E-state index contributed by atoms with van der Waals surface area (Å²) in [5.74, 6) is 2.12. The summed E-state index contributed by atoms with van der Waals surface area (Å²) in [4.78, 5) is 64.1. The van der Waals surface area contributed by atoms with Crippen molar-refractivity contribution in [3.63, 3.8) is 0 Å². The third-order valence-electron chi connectivity index (χ3n) is 14.6. The highest BCUT2D eigenvalue weighted by Crippen LogP contribution is 2.59. The molecule has 2 amide bonds. The normalized spacial score (nSPS) is 21.5. The van der Waals surface area contributed by atoms with Crippen LogP contribution in [0.5, 0.6) is 23.0 Å². The molecule has 2 fully saturated rings. The van der Waals surface area contributed by atoms with Crippen molar-refractivity contribution in [3.8, 4) is 23.0 Å². The van der Waals surface area contributed by atoms with Gasteiger partial charge in [-0.05, 0) is 103 Å². The van der Waals surface area contributed by atoms with Crippen LogP contribution in [0.1, 0.15) is 73.4 Å². The van der Waals surface area contributed by atoms with Crippen LogP contribution in [-0.4, -0.2) is 138 Å². The molecule has 1 spiro atoms. The van der Waals surface area contributed by atoms with Crippen LogP contribution >= 0.6 is 0 Å². The number of benzene rings is 2. The molecule has 0 unspecified atom stereocenters. The monoisotopic (exact) mass is 931 g/mol. The van der Waals surface area contributed by atoms with Crippen LogP contribution in [0.4, 0.5) is 10.6 Å². The van der Waals surface area contributed by atoms with Gasteiger partial charge < -0.3 is 38.2 Å². The summed E-state index contributed by atoms with van der Waals surface area (Å²) in [6, 6.07) is 11.8. The molecule has 0 bridgehead atoms.